The first-order valence-corrected chi connectivity index (χ1v) is 6.64. The molecule has 0 unspecified atom stereocenters. The maximum atomic E-state index is 12.9. The fraction of sp³-hybridized carbons (Fsp3) is 0.286. The summed E-state index contributed by atoms with van der Waals surface area (Å²) in [4.78, 5) is 23.5. The molecule has 0 aliphatic heterocycles. The molecule has 0 aliphatic rings. The Kier molecular flexibility index (Phi) is 6.68. The molecule has 0 atom stereocenters. The number of carbonyl (C=O) groups excluding carboxylic acids is 2. The van der Waals surface area contributed by atoms with E-state index in [1.54, 1.807) is 13.8 Å². The summed E-state index contributed by atoms with van der Waals surface area (Å²) >= 11 is 5.86. The van der Waals surface area contributed by atoms with E-state index in [1.165, 1.54) is 24.3 Å². The van der Waals surface area contributed by atoms with Gasteiger partial charge in [0.25, 0.3) is 0 Å². The fourth-order valence-corrected chi connectivity index (χ4v) is 1.55. The normalized spacial score (nSPS) is 11.4. The van der Waals surface area contributed by atoms with Crippen LogP contribution in [0.3, 0.4) is 0 Å². The highest BCUT2D eigenvalue weighted by Crippen LogP contribution is 2.18. The van der Waals surface area contributed by atoms with E-state index in [9.17, 15) is 14.0 Å². The summed E-state index contributed by atoms with van der Waals surface area (Å²) in [5.74, 6) is -2.09. The lowest BCUT2D eigenvalue weighted by atomic mass is 10.3. The highest BCUT2D eigenvalue weighted by atomic mass is 35.5. The van der Waals surface area contributed by atoms with Crippen molar-refractivity contribution in [3.63, 3.8) is 0 Å². The molecule has 0 aromatic heterocycles. The van der Waals surface area contributed by atoms with E-state index < -0.39 is 22.8 Å². The molecule has 0 saturated carbocycles. The minimum absolute atomic E-state index is 0.112. The number of anilines is 1. The highest BCUT2D eigenvalue weighted by Gasteiger charge is 2.22. The molecule has 7 heteroatoms. The monoisotopic (exact) mass is 315 g/mol. The zero-order valence-electron chi connectivity index (χ0n) is 11.6. The Hall–Kier alpha value is -2.08. The molecule has 0 fully saturated rings. The van der Waals surface area contributed by atoms with E-state index in [4.69, 9.17) is 21.1 Å². The minimum atomic E-state index is -0.850. The Morgan fingerprint density at radius 2 is 1.62 bits per heavy atom. The molecule has 114 valence electrons. The lowest BCUT2D eigenvalue weighted by molar-refractivity contribution is -0.141. The van der Waals surface area contributed by atoms with Crippen molar-refractivity contribution in [1.29, 1.82) is 0 Å². The molecule has 0 bridgehead atoms. The number of hydrogen-bond donors (Lipinski definition) is 1. The molecule has 5 nitrogen and oxygen atoms in total. The van der Waals surface area contributed by atoms with Gasteiger partial charge in [0, 0.05) is 5.69 Å². The molecule has 0 spiro atoms. The van der Waals surface area contributed by atoms with Crippen LogP contribution in [0.1, 0.15) is 13.8 Å². The van der Waals surface area contributed by atoms with Crippen LogP contribution in [0.15, 0.2) is 35.0 Å². The predicted molar refractivity (Wildman–Crippen MR) is 76.2 cm³/mol. The molecule has 1 aromatic carbocycles. The van der Waals surface area contributed by atoms with Crippen LogP contribution in [0.4, 0.5) is 10.1 Å². The maximum Gasteiger partial charge on any atom is 0.356 e. The molecule has 0 heterocycles. The average Bonchev–Trinajstić information content (AvgIpc) is 2.46. The Morgan fingerprint density at radius 3 is 2.14 bits per heavy atom. The topological polar surface area (TPSA) is 64.6 Å². The quantitative estimate of drug-likeness (QED) is 0.646. The zero-order chi connectivity index (χ0) is 15.8. The van der Waals surface area contributed by atoms with E-state index in [1.807, 2.05) is 0 Å². The third kappa shape index (κ3) is 5.07. The molecule has 0 saturated heterocycles. The zero-order valence-corrected chi connectivity index (χ0v) is 12.4. The van der Waals surface area contributed by atoms with Crippen molar-refractivity contribution in [2.24, 2.45) is 0 Å². The summed E-state index contributed by atoms with van der Waals surface area (Å²) in [5, 5.41) is 2.20. The van der Waals surface area contributed by atoms with Gasteiger partial charge in [-0.15, -0.1) is 0 Å². The number of rotatable bonds is 6. The van der Waals surface area contributed by atoms with Gasteiger partial charge in [0.15, 0.2) is 10.7 Å². The summed E-state index contributed by atoms with van der Waals surface area (Å²) in [7, 11) is 0. The number of halogens is 2. The Balaban J connectivity index is 3.07. The number of carbonyl (C=O) groups is 2. The molecule has 0 aliphatic carbocycles. The van der Waals surface area contributed by atoms with Gasteiger partial charge in [-0.05, 0) is 38.1 Å². The second kappa shape index (κ2) is 8.26. The largest absolute Gasteiger partial charge is 0.462 e. The Morgan fingerprint density at radius 1 is 1.10 bits per heavy atom. The van der Waals surface area contributed by atoms with Gasteiger partial charge < -0.3 is 14.8 Å². The van der Waals surface area contributed by atoms with Crippen molar-refractivity contribution in [1.82, 2.24) is 0 Å². The average molecular weight is 316 g/mol. The third-order valence-corrected chi connectivity index (χ3v) is 2.61. The molecule has 0 radical (unpaired) electrons. The van der Waals surface area contributed by atoms with Crippen molar-refractivity contribution in [2.75, 3.05) is 18.5 Å². The van der Waals surface area contributed by atoms with Crippen LogP contribution in [-0.2, 0) is 19.1 Å². The number of nitrogens with one attached hydrogen (secondary N) is 1. The van der Waals surface area contributed by atoms with E-state index in [0.717, 1.165) is 0 Å². The predicted octanol–water partition coefficient (Wildman–Crippen LogP) is 2.81. The van der Waals surface area contributed by atoms with E-state index in [-0.39, 0.29) is 18.9 Å². The lowest BCUT2D eigenvalue weighted by Gasteiger charge is -2.12. The molecular formula is C14H15ClFNO4. The van der Waals surface area contributed by atoms with E-state index in [0.29, 0.717) is 5.69 Å². The van der Waals surface area contributed by atoms with Crippen LogP contribution in [0, 0.1) is 5.82 Å². The Bertz CT molecular complexity index is 542. The first-order valence-electron chi connectivity index (χ1n) is 6.26. The molecule has 1 N–H and O–H groups in total. The first kappa shape index (κ1) is 17.0. The van der Waals surface area contributed by atoms with Crippen LogP contribution >= 0.6 is 11.6 Å². The summed E-state index contributed by atoms with van der Waals surface area (Å²) in [6, 6.07) is 5.18. The molecular weight excluding hydrogens is 301 g/mol. The van der Waals surface area contributed by atoms with Crippen LogP contribution in [0.25, 0.3) is 0 Å². The Labute approximate surface area is 126 Å². The van der Waals surface area contributed by atoms with Gasteiger partial charge in [-0.25, -0.2) is 14.0 Å². The second-order valence-corrected chi connectivity index (χ2v) is 4.14. The summed E-state index contributed by atoms with van der Waals surface area (Å²) in [6.07, 6.45) is 0. The summed E-state index contributed by atoms with van der Waals surface area (Å²) in [6.45, 7) is 3.45. The van der Waals surface area contributed by atoms with Crippen molar-refractivity contribution in [2.45, 2.75) is 13.8 Å². The van der Waals surface area contributed by atoms with Gasteiger partial charge >= 0.3 is 11.9 Å². The molecule has 1 rings (SSSR count). The van der Waals surface area contributed by atoms with Crippen molar-refractivity contribution in [3.8, 4) is 0 Å². The minimum Gasteiger partial charge on any atom is -0.462 e. The fourth-order valence-electron chi connectivity index (χ4n) is 1.37. The summed E-state index contributed by atoms with van der Waals surface area (Å²) in [5.41, 5.74) is 0.116. The summed E-state index contributed by atoms with van der Waals surface area (Å²) < 4.78 is 22.4. The van der Waals surface area contributed by atoms with Crippen LogP contribution in [0.5, 0.6) is 0 Å². The van der Waals surface area contributed by atoms with Gasteiger partial charge in [0.1, 0.15) is 5.82 Å². The molecule has 21 heavy (non-hydrogen) atoms. The van der Waals surface area contributed by atoms with Crippen LogP contribution in [0.2, 0.25) is 0 Å². The number of hydrogen-bond acceptors (Lipinski definition) is 5. The van der Waals surface area contributed by atoms with Crippen molar-refractivity contribution in [3.05, 3.63) is 40.8 Å². The van der Waals surface area contributed by atoms with Gasteiger partial charge in [0.05, 0.1) is 13.2 Å². The SMILES string of the molecule is CCOC(=O)/C(Cl)=C(/Nc1ccc(F)cc1)C(=O)OCC. The van der Waals surface area contributed by atoms with E-state index in [2.05, 4.69) is 5.32 Å². The third-order valence-electron chi connectivity index (χ3n) is 2.27. The van der Waals surface area contributed by atoms with Crippen molar-refractivity contribution < 1.29 is 23.5 Å². The second-order valence-electron chi connectivity index (χ2n) is 3.76. The van der Waals surface area contributed by atoms with Crippen molar-refractivity contribution >= 4 is 29.2 Å². The highest BCUT2D eigenvalue weighted by molar-refractivity contribution is 6.43. The van der Waals surface area contributed by atoms with Crippen LogP contribution in [-0.4, -0.2) is 25.2 Å². The molecule has 1 aromatic rings. The smallest absolute Gasteiger partial charge is 0.356 e. The number of ether oxygens (including phenoxy) is 2. The van der Waals surface area contributed by atoms with Gasteiger partial charge in [-0.3, -0.25) is 0 Å². The van der Waals surface area contributed by atoms with Gasteiger partial charge in [0.2, 0.25) is 0 Å². The molecule has 0 amide bonds. The van der Waals surface area contributed by atoms with Crippen LogP contribution < -0.4 is 5.32 Å². The maximum absolute atomic E-state index is 12.9. The van der Waals surface area contributed by atoms with Gasteiger partial charge in [-0.2, -0.15) is 0 Å². The first-order chi connectivity index (χ1) is 9.99. The number of esters is 2. The number of benzene rings is 1. The van der Waals surface area contributed by atoms with E-state index >= 15 is 0 Å². The lowest BCUT2D eigenvalue weighted by Crippen LogP contribution is -2.19. The standard InChI is InChI=1S/C14H15ClFNO4/c1-3-20-13(18)11(15)12(14(19)21-4-2)17-10-7-5-9(16)6-8-10/h5-8,17H,3-4H2,1-2H3/b12-11-. The van der Waals surface area contributed by atoms with Gasteiger partial charge in [-0.1, -0.05) is 11.6 Å².